The van der Waals surface area contributed by atoms with Crippen LogP contribution in [0.4, 0.5) is 0 Å². The van der Waals surface area contributed by atoms with Crippen LogP contribution in [0.25, 0.3) is 0 Å². The van der Waals surface area contributed by atoms with Crippen LogP contribution in [0.1, 0.15) is 26.2 Å². The fourth-order valence-corrected chi connectivity index (χ4v) is 1.63. The van der Waals surface area contributed by atoms with E-state index >= 15 is 0 Å². The van der Waals surface area contributed by atoms with E-state index < -0.39 is 0 Å². The van der Waals surface area contributed by atoms with Gasteiger partial charge in [-0.1, -0.05) is 6.92 Å². The maximum Gasteiger partial charge on any atom is 0.239 e. The molecule has 0 bridgehead atoms. The van der Waals surface area contributed by atoms with Gasteiger partial charge in [0.25, 0.3) is 0 Å². The molecule has 3 N–H and O–H groups in total. The lowest BCUT2D eigenvalue weighted by molar-refractivity contribution is -0.137. The van der Waals surface area contributed by atoms with Gasteiger partial charge < -0.3 is 16.0 Å². The zero-order valence-corrected chi connectivity index (χ0v) is 9.87. The highest BCUT2D eigenvalue weighted by Gasteiger charge is 2.20. The molecule has 0 aromatic carbocycles. The summed E-state index contributed by atoms with van der Waals surface area (Å²) < 4.78 is 0. The average molecular weight is 227 g/mol. The van der Waals surface area contributed by atoms with Gasteiger partial charge in [0.05, 0.1) is 6.54 Å². The van der Waals surface area contributed by atoms with Crippen molar-refractivity contribution in [3.8, 4) is 0 Å². The Morgan fingerprint density at radius 2 is 2.31 bits per heavy atom. The molecule has 1 saturated heterocycles. The van der Waals surface area contributed by atoms with Gasteiger partial charge in [0.1, 0.15) is 0 Å². The zero-order chi connectivity index (χ0) is 12.0. The Morgan fingerprint density at radius 3 is 2.94 bits per heavy atom. The van der Waals surface area contributed by atoms with Crippen molar-refractivity contribution in [2.24, 2.45) is 11.7 Å². The molecule has 5 heteroatoms. The maximum absolute atomic E-state index is 11.5. The minimum absolute atomic E-state index is 0.0875. The minimum Gasteiger partial charge on any atom is -0.354 e. The number of amides is 2. The molecule has 0 aliphatic carbocycles. The normalized spacial score (nSPS) is 18.4. The number of nitrogens with zero attached hydrogens (tertiary/aromatic N) is 1. The molecule has 1 heterocycles. The summed E-state index contributed by atoms with van der Waals surface area (Å²) in [5.74, 6) is 0.282. The molecule has 0 spiro atoms. The van der Waals surface area contributed by atoms with E-state index in [1.54, 1.807) is 4.90 Å². The van der Waals surface area contributed by atoms with Crippen molar-refractivity contribution in [1.82, 2.24) is 10.2 Å². The highest BCUT2D eigenvalue weighted by molar-refractivity contribution is 5.85. The van der Waals surface area contributed by atoms with Crippen molar-refractivity contribution in [2.45, 2.75) is 26.2 Å². The van der Waals surface area contributed by atoms with Crippen molar-refractivity contribution < 1.29 is 9.59 Å². The van der Waals surface area contributed by atoms with E-state index in [0.29, 0.717) is 26.1 Å². The van der Waals surface area contributed by atoms with Crippen LogP contribution in [0, 0.1) is 5.92 Å². The van der Waals surface area contributed by atoms with Crippen molar-refractivity contribution >= 4 is 11.8 Å². The Kier molecular flexibility index (Phi) is 5.25. The number of piperidine rings is 1. The maximum atomic E-state index is 11.5. The van der Waals surface area contributed by atoms with E-state index in [-0.39, 0.29) is 24.3 Å². The van der Waals surface area contributed by atoms with Crippen LogP contribution in [-0.4, -0.2) is 42.9 Å². The van der Waals surface area contributed by atoms with Crippen molar-refractivity contribution in [3.63, 3.8) is 0 Å². The van der Waals surface area contributed by atoms with E-state index in [1.165, 1.54) is 0 Å². The second kappa shape index (κ2) is 6.48. The summed E-state index contributed by atoms with van der Waals surface area (Å²) in [6.45, 7) is 4.02. The Hall–Kier alpha value is -1.10. The Balaban J connectivity index is 2.25. The number of rotatable bonds is 5. The molecule has 1 aliphatic heterocycles. The first-order valence-electron chi connectivity index (χ1n) is 5.88. The van der Waals surface area contributed by atoms with Gasteiger partial charge in [0.2, 0.25) is 11.8 Å². The van der Waals surface area contributed by atoms with Crippen molar-refractivity contribution in [1.29, 1.82) is 0 Å². The summed E-state index contributed by atoms with van der Waals surface area (Å²) >= 11 is 0. The van der Waals surface area contributed by atoms with Crippen LogP contribution in [-0.2, 0) is 9.59 Å². The largest absolute Gasteiger partial charge is 0.354 e. The van der Waals surface area contributed by atoms with Crippen LogP contribution in [0.3, 0.4) is 0 Å². The molecule has 0 aromatic heterocycles. The van der Waals surface area contributed by atoms with Crippen LogP contribution in [0.5, 0.6) is 0 Å². The van der Waals surface area contributed by atoms with Crippen molar-refractivity contribution in [2.75, 3.05) is 26.2 Å². The van der Waals surface area contributed by atoms with Crippen molar-refractivity contribution in [3.05, 3.63) is 0 Å². The predicted molar refractivity (Wildman–Crippen MR) is 61.7 cm³/mol. The fraction of sp³-hybridized carbons (Fsp3) is 0.818. The van der Waals surface area contributed by atoms with Gasteiger partial charge in [-0.2, -0.15) is 0 Å². The molecule has 1 aliphatic rings. The summed E-state index contributed by atoms with van der Waals surface area (Å²) in [7, 11) is 0. The zero-order valence-electron chi connectivity index (χ0n) is 9.87. The summed E-state index contributed by atoms with van der Waals surface area (Å²) in [6, 6.07) is 0. The second-order valence-corrected chi connectivity index (χ2v) is 4.42. The SMILES string of the molecule is CC(CN)CNC(=O)CN1CCCCC1=O. The van der Waals surface area contributed by atoms with Crippen LogP contribution >= 0.6 is 0 Å². The number of likely N-dealkylation sites (tertiary alicyclic amines) is 1. The number of hydrogen-bond acceptors (Lipinski definition) is 3. The third-order valence-corrected chi connectivity index (χ3v) is 2.81. The molecule has 16 heavy (non-hydrogen) atoms. The first kappa shape index (κ1) is 13.0. The smallest absolute Gasteiger partial charge is 0.239 e. The molecule has 1 atom stereocenters. The van der Waals surface area contributed by atoms with E-state index in [1.807, 2.05) is 6.92 Å². The predicted octanol–water partition coefficient (Wildman–Crippen LogP) is -0.290. The Morgan fingerprint density at radius 1 is 1.56 bits per heavy atom. The van der Waals surface area contributed by atoms with E-state index in [4.69, 9.17) is 5.73 Å². The topological polar surface area (TPSA) is 75.4 Å². The second-order valence-electron chi connectivity index (χ2n) is 4.42. The number of carbonyl (C=O) groups is 2. The lowest BCUT2D eigenvalue weighted by Gasteiger charge is -2.26. The Labute approximate surface area is 96.4 Å². The minimum atomic E-state index is -0.0875. The number of nitrogens with one attached hydrogen (secondary N) is 1. The molecule has 5 nitrogen and oxygen atoms in total. The van der Waals surface area contributed by atoms with E-state index in [0.717, 1.165) is 12.8 Å². The van der Waals surface area contributed by atoms with E-state index in [9.17, 15) is 9.59 Å². The molecular weight excluding hydrogens is 206 g/mol. The molecule has 0 radical (unpaired) electrons. The Bertz CT molecular complexity index is 256. The molecule has 1 fully saturated rings. The summed E-state index contributed by atoms with van der Waals surface area (Å²) in [5, 5.41) is 2.79. The number of nitrogens with two attached hydrogens (primary N) is 1. The van der Waals surface area contributed by atoms with Gasteiger partial charge in [-0.15, -0.1) is 0 Å². The fourth-order valence-electron chi connectivity index (χ4n) is 1.63. The summed E-state index contributed by atoms with van der Waals surface area (Å²) in [6.07, 6.45) is 2.52. The molecule has 1 rings (SSSR count). The van der Waals surface area contributed by atoms with Gasteiger partial charge in [-0.3, -0.25) is 9.59 Å². The van der Waals surface area contributed by atoms with E-state index in [2.05, 4.69) is 5.32 Å². The third-order valence-electron chi connectivity index (χ3n) is 2.81. The standard InChI is InChI=1S/C11H21N3O2/c1-9(6-12)7-13-10(15)8-14-5-3-2-4-11(14)16/h9H,2-8,12H2,1H3,(H,13,15). The monoisotopic (exact) mass is 227 g/mol. The van der Waals surface area contributed by atoms with Gasteiger partial charge in [0, 0.05) is 19.5 Å². The molecule has 0 saturated carbocycles. The van der Waals surface area contributed by atoms with Crippen LogP contribution in [0.2, 0.25) is 0 Å². The number of carbonyl (C=O) groups excluding carboxylic acids is 2. The van der Waals surface area contributed by atoms with Crippen LogP contribution < -0.4 is 11.1 Å². The van der Waals surface area contributed by atoms with Crippen LogP contribution in [0.15, 0.2) is 0 Å². The van der Waals surface area contributed by atoms with Gasteiger partial charge in [0.15, 0.2) is 0 Å². The quantitative estimate of drug-likeness (QED) is 0.677. The lowest BCUT2D eigenvalue weighted by Crippen LogP contribution is -2.44. The number of hydrogen-bond donors (Lipinski definition) is 2. The molecule has 0 aromatic rings. The van der Waals surface area contributed by atoms with Gasteiger partial charge in [-0.25, -0.2) is 0 Å². The lowest BCUT2D eigenvalue weighted by atomic mass is 10.1. The summed E-state index contributed by atoms with van der Waals surface area (Å²) in [4.78, 5) is 24.6. The first-order valence-corrected chi connectivity index (χ1v) is 5.88. The molecule has 2 amide bonds. The first-order chi connectivity index (χ1) is 7.63. The highest BCUT2D eigenvalue weighted by atomic mass is 16.2. The molecule has 1 unspecified atom stereocenters. The molecular formula is C11H21N3O2. The third kappa shape index (κ3) is 4.18. The average Bonchev–Trinajstić information content (AvgIpc) is 2.29. The molecule has 92 valence electrons. The summed E-state index contributed by atoms with van der Waals surface area (Å²) in [5.41, 5.74) is 5.45. The highest BCUT2D eigenvalue weighted by Crippen LogP contribution is 2.09. The van der Waals surface area contributed by atoms with Gasteiger partial charge in [-0.05, 0) is 25.3 Å². The van der Waals surface area contributed by atoms with Gasteiger partial charge >= 0.3 is 0 Å².